The van der Waals surface area contributed by atoms with Crippen LogP contribution in [0.3, 0.4) is 0 Å². The van der Waals surface area contributed by atoms with E-state index in [0.717, 1.165) is 51.9 Å². The monoisotopic (exact) mass is 285 g/mol. The first-order valence-electron chi connectivity index (χ1n) is 7.85. The van der Waals surface area contributed by atoms with Crippen molar-refractivity contribution in [1.29, 1.82) is 0 Å². The van der Waals surface area contributed by atoms with Gasteiger partial charge in [-0.3, -0.25) is 4.79 Å². The molecule has 1 heterocycles. The molecule has 1 fully saturated rings. The Morgan fingerprint density at radius 1 is 1.45 bits per heavy atom. The molecule has 0 aromatic heterocycles. The van der Waals surface area contributed by atoms with Gasteiger partial charge in [0.2, 0.25) is 5.91 Å². The molecule has 3 N–H and O–H groups in total. The molecule has 0 spiro atoms. The van der Waals surface area contributed by atoms with E-state index in [1.807, 2.05) is 6.92 Å². The highest BCUT2D eigenvalue weighted by Crippen LogP contribution is 2.12. The normalized spacial score (nSPS) is 20.6. The van der Waals surface area contributed by atoms with Crippen molar-refractivity contribution in [2.24, 2.45) is 11.7 Å². The van der Waals surface area contributed by atoms with Gasteiger partial charge in [-0.05, 0) is 25.2 Å². The second kappa shape index (κ2) is 9.32. The third kappa shape index (κ3) is 5.77. The van der Waals surface area contributed by atoms with Gasteiger partial charge < -0.3 is 20.7 Å². The smallest absolute Gasteiger partial charge is 0.237 e. The van der Waals surface area contributed by atoms with Gasteiger partial charge in [0.25, 0.3) is 0 Å². The number of ether oxygens (including phenoxy) is 1. The van der Waals surface area contributed by atoms with E-state index in [9.17, 15) is 4.79 Å². The highest BCUT2D eigenvalue weighted by atomic mass is 16.5. The van der Waals surface area contributed by atoms with E-state index in [0.29, 0.717) is 0 Å². The van der Waals surface area contributed by atoms with Gasteiger partial charge in [0.05, 0.1) is 6.04 Å². The molecule has 0 aromatic rings. The topological polar surface area (TPSA) is 67.6 Å². The van der Waals surface area contributed by atoms with Crippen LogP contribution in [0.25, 0.3) is 0 Å². The van der Waals surface area contributed by atoms with Crippen LogP contribution < -0.4 is 11.1 Å². The summed E-state index contributed by atoms with van der Waals surface area (Å²) in [6, 6.07) is -0.0870. The zero-order chi connectivity index (χ0) is 15.0. The summed E-state index contributed by atoms with van der Waals surface area (Å²) in [4.78, 5) is 14.5. The van der Waals surface area contributed by atoms with Crippen LogP contribution in [0.2, 0.25) is 0 Å². The van der Waals surface area contributed by atoms with E-state index >= 15 is 0 Å². The van der Waals surface area contributed by atoms with Crippen molar-refractivity contribution in [2.45, 2.75) is 51.6 Å². The van der Waals surface area contributed by atoms with E-state index in [4.69, 9.17) is 10.5 Å². The van der Waals surface area contributed by atoms with Crippen molar-refractivity contribution in [2.75, 3.05) is 33.4 Å². The van der Waals surface area contributed by atoms with Crippen molar-refractivity contribution >= 4 is 5.91 Å². The second-order valence-corrected chi connectivity index (χ2v) is 5.88. The zero-order valence-electron chi connectivity index (χ0n) is 13.2. The molecule has 1 amide bonds. The summed E-state index contributed by atoms with van der Waals surface area (Å²) in [5, 5.41) is 3.11. The summed E-state index contributed by atoms with van der Waals surface area (Å²) < 4.78 is 5.07. The highest BCUT2D eigenvalue weighted by molar-refractivity contribution is 5.82. The lowest BCUT2D eigenvalue weighted by Gasteiger charge is -2.33. The standard InChI is InChI=1S/C15H31N3O2/c1-4-12(2)14(16)15(19)17-13-6-9-18(10-7-13)8-5-11-20-3/h12-14H,4-11,16H2,1-3H3,(H,17,19). The van der Waals surface area contributed by atoms with Crippen LogP contribution in [0.15, 0.2) is 0 Å². The van der Waals surface area contributed by atoms with Crippen LogP contribution in [0.5, 0.6) is 0 Å². The number of amides is 1. The molecule has 1 aliphatic rings. The molecule has 0 bridgehead atoms. The molecule has 2 unspecified atom stereocenters. The van der Waals surface area contributed by atoms with E-state index in [-0.39, 0.29) is 23.9 Å². The zero-order valence-corrected chi connectivity index (χ0v) is 13.2. The number of nitrogens with zero attached hydrogens (tertiary/aromatic N) is 1. The lowest BCUT2D eigenvalue weighted by Crippen LogP contribution is -2.51. The van der Waals surface area contributed by atoms with Crippen molar-refractivity contribution in [3.8, 4) is 0 Å². The average molecular weight is 285 g/mol. The van der Waals surface area contributed by atoms with Crippen LogP contribution in [0.4, 0.5) is 0 Å². The van der Waals surface area contributed by atoms with E-state index in [1.165, 1.54) is 0 Å². The minimum Gasteiger partial charge on any atom is -0.385 e. The molecule has 2 atom stereocenters. The van der Waals surface area contributed by atoms with Crippen LogP contribution in [0, 0.1) is 5.92 Å². The van der Waals surface area contributed by atoms with Crippen LogP contribution in [-0.2, 0) is 9.53 Å². The van der Waals surface area contributed by atoms with Gasteiger partial charge >= 0.3 is 0 Å². The van der Waals surface area contributed by atoms with Crippen molar-refractivity contribution in [3.63, 3.8) is 0 Å². The summed E-state index contributed by atoms with van der Waals surface area (Å²) >= 11 is 0. The van der Waals surface area contributed by atoms with Gasteiger partial charge in [-0.15, -0.1) is 0 Å². The maximum atomic E-state index is 12.0. The Morgan fingerprint density at radius 2 is 2.10 bits per heavy atom. The maximum absolute atomic E-state index is 12.0. The summed E-state index contributed by atoms with van der Waals surface area (Å²) in [6.45, 7) is 8.10. The number of hydrogen-bond acceptors (Lipinski definition) is 4. The van der Waals surface area contributed by atoms with Crippen LogP contribution in [-0.4, -0.2) is 56.2 Å². The highest BCUT2D eigenvalue weighted by Gasteiger charge is 2.24. The first-order chi connectivity index (χ1) is 9.58. The Labute approximate surface area is 123 Å². The number of piperidine rings is 1. The van der Waals surface area contributed by atoms with E-state index in [2.05, 4.69) is 17.1 Å². The summed E-state index contributed by atoms with van der Waals surface area (Å²) in [7, 11) is 1.74. The molecule has 5 heteroatoms. The third-order valence-corrected chi connectivity index (χ3v) is 4.32. The van der Waals surface area contributed by atoms with Crippen molar-refractivity contribution < 1.29 is 9.53 Å². The number of nitrogens with two attached hydrogens (primary N) is 1. The number of carbonyl (C=O) groups is 1. The third-order valence-electron chi connectivity index (χ3n) is 4.32. The van der Waals surface area contributed by atoms with Crippen LogP contribution >= 0.6 is 0 Å². The Bertz CT molecular complexity index is 278. The van der Waals surface area contributed by atoms with E-state index in [1.54, 1.807) is 7.11 Å². The van der Waals surface area contributed by atoms with Gasteiger partial charge in [0, 0.05) is 39.4 Å². The second-order valence-electron chi connectivity index (χ2n) is 5.88. The Hall–Kier alpha value is -0.650. The first kappa shape index (κ1) is 17.4. The minimum atomic E-state index is -0.375. The first-order valence-corrected chi connectivity index (χ1v) is 7.85. The fourth-order valence-corrected chi connectivity index (χ4v) is 2.54. The van der Waals surface area contributed by atoms with Gasteiger partial charge in [0.15, 0.2) is 0 Å². The van der Waals surface area contributed by atoms with Crippen molar-refractivity contribution in [1.82, 2.24) is 10.2 Å². The predicted octanol–water partition coefficient (Wildman–Crippen LogP) is 0.977. The van der Waals surface area contributed by atoms with Crippen molar-refractivity contribution in [3.05, 3.63) is 0 Å². The summed E-state index contributed by atoms with van der Waals surface area (Å²) in [5.74, 6) is 0.251. The van der Waals surface area contributed by atoms with Gasteiger partial charge in [0.1, 0.15) is 0 Å². The Morgan fingerprint density at radius 3 is 2.65 bits per heavy atom. The molecule has 0 aromatic carbocycles. The number of hydrogen-bond donors (Lipinski definition) is 2. The molecule has 0 saturated carbocycles. The van der Waals surface area contributed by atoms with Gasteiger partial charge in [-0.1, -0.05) is 20.3 Å². The molecule has 118 valence electrons. The molecule has 5 nitrogen and oxygen atoms in total. The number of methoxy groups -OCH3 is 1. The molecule has 20 heavy (non-hydrogen) atoms. The fraction of sp³-hybridized carbons (Fsp3) is 0.933. The van der Waals surface area contributed by atoms with Gasteiger partial charge in [-0.25, -0.2) is 0 Å². The lowest BCUT2D eigenvalue weighted by molar-refractivity contribution is -0.124. The molecular weight excluding hydrogens is 254 g/mol. The maximum Gasteiger partial charge on any atom is 0.237 e. The Kier molecular flexibility index (Phi) is 8.11. The molecule has 1 aliphatic heterocycles. The number of carbonyl (C=O) groups excluding carboxylic acids is 1. The summed E-state index contributed by atoms with van der Waals surface area (Å²) in [6.07, 6.45) is 4.05. The quantitative estimate of drug-likeness (QED) is 0.652. The molecule has 0 aliphatic carbocycles. The van der Waals surface area contributed by atoms with Crippen LogP contribution in [0.1, 0.15) is 39.5 Å². The lowest BCUT2D eigenvalue weighted by atomic mass is 9.98. The number of rotatable bonds is 8. The number of likely N-dealkylation sites (tertiary alicyclic amines) is 1. The summed E-state index contributed by atoms with van der Waals surface area (Å²) in [5.41, 5.74) is 5.96. The SMILES string of the molecule is CCC(C)C(N)C(=O)NC1CCN(CCCOC)CC1. The Balaban J connectivity index is 2.23. The molecule has 1 rings (SSSR count). The van der Waals surface area contributed by atoms with Gasteiger partial charge in [-0.2, -0.15) is 0 Å². The largest absolute Gasteiger partial charge is 0.385 e. The molecule has 1 saturated heterocycles. The molecular formula is C15H31N3O2. The number of nitrogens with one attached hydrogen (secondary N) is 1. The molecule has 0 radical (unpaired) electrons. The fourth-order valence-electron chi connectivity index (χ4n) is 2.54. The van der Waals surface area contributed by atoms with E-state index < -0.39 is 0 Å². The minimum absolute atomic E-state index is 0.0113. The predicted molar refractivity (Wildman–Crippen MR) is 81.5 cm³/mol. The average Bonchev–Trinajstić information content (AvgIpc) is 2.47.